The molecule has 0 aliphatic carbocycles. The Morgan fingerprint density at radius 2 is 1.36 bits per heavy atom. The number of nitrogens with zero attached hydrogens (tertiary/aromatic N) is 2. The number of nitro groups is 2. The van der Waals surface area contributed by atoms with Gasteiger partial charge in [0.2, 0.25) is 4.90 Å². The van der Waals surface area contributed by atoms with E-state index in [1.807, 2.05) is 0 Å². The van der Waals surface area contributed by atoms with Crippen molar-refractivity contribution in [2.45, 2.75) is 9.79 Å². The maximum absolute atomic E-state index is 11.7. The third-order valence-electron chi connectivity index (χ3n) is 3.37. The van der Waals surface area contributed by atoms with Crippen LogP contribution >= 0.6 is 0 Å². The van der Waals surface area contributed by atoms with Gasteiger partial charge in [0.25, 0.3) is 10.1 Å². The Morgan fingerprint density at radius 3 is 1.79 bits per heavy atom. The van der Waals surface area contributed by atoms with Gasteiger partial charge in [0.1, 0.15) is 4.90 Å². The fourth-order valence-electron chi connectivity index (χ4n) is 2.33. The van der Waals surface area contributed by atoms with Gasteiger partial charge in [0.15, 0.2) is 0 Å². The van der Waals surface area contributed by atoms with Crippen molar-refractivity contribution in [2.24, 2.45) is 0 Å². The molecule has 2 rings (SSSR count). The number of rotatable bonds is 6. The molecule has 0 aromatic heterocycles. The van der Waals surface area contributed by atoms with E-state index in [1.165, 1.54) is 6.08 Å². The van der Waals surface area contributed by atoms with Crippen molar-refractivity contribution in [3.05, 3.63) is 67.8 Å². The zero-order valence-electron chi connectivity index (χ0n) is 13.5. The minimum absolute atomic E-state index is 0.412. The first-order chi connectivity index (χ1) is 12.8. The number of benzene rings is 2. The van der Waals surface area contributed by atoms with Gasteiger partial charge in [-0.1, -0.05) is 42.5 Å². The largest absolute Gasteiger partial charge is 0.368 e. The average Bonchev–Trinajstić information content (AvgIpc) is 2.57. The first-order valence-electron chi connectivity index (χ1n) is 7.02. The van der Waals surface area contributed by atoms with Crippen LogP contribution in [0.1, 0.15) is 11.1 Å². The summed E-state index contributed by atoms with van der Waals surface area (Å²) < 4.78 is 65.5. The topological polar surface area (TPSA) is 195 Å². The summed E-state index contributed by atoms with van der Waals surface area (Å²) in [6.07, 6.45) is 2.11. The quantitative estimate of drug-likeness (QED) is 0.296. The van der Waals surface area contributed by atoms with Crippen molar-refractivity contribution in [3.63, 3.8) is 0 Å². The first-order valence-corrected chi connectivity index (χ1v) is 9.90. The molecule has 0 aliphatic rings. The van der Waals surface area contributed by atoms with Crippen molar-refractivity contribution in [3.8, 4) is 0 Å². The van der Waals surface area contributed by atoms with Crippen molar-refractivity contribution in [1.29, 1.82) is 0 Å². The van der Waals surface area contributed by atoms with Gasteiger partial charge in [-0.15, -0.1) is 0 Å². The highest BCUT2D eigenvalue weighted by atomic mass is 32.2. The molecule has 28 heavy (non-hydrogen) atoms. The van der Waals surface area contributed by atoms with E-state index >= 15 is 0 Å². The normalized spacial score (nSPS) is 12.2. The number of hydrogen-bond donors (Lipinski definition) is 2. The standard InChI is InChI=1S/C14H10N2O10S2/c17-15(18)11-8-10(7-6-9-4-2-1-3-5-9)13(27(21,22)23)14(28(24,25)26)12(11)16(19)20/h1-8H,(H,21,22,23)(H,24,25,26). The van der Waals surface area contributed by atoms with Crippen LogP contribution in [0.4, 0.5) is 11.4 Å². The summed E-state index contributed by atoms with van der Waals surface area (Å²) in [6.45, 7) is 0. The van der Waals surface area contributed by atoms with Crippen LogP contribution in [0, 0.1) is 20.2 Å². The summed E-state index contributed by atoms with van der Waals surface area (Å²) in [4.78, 5) is 16.1. The SMILES string of the molecule is O=[N+]([O-])c1cc(C=Cc2ccccc2)c(S(=O)(=O)O)c(S(=O)(=O)O)c1[N+](=O)[O-]. The van der Waals surface area contributed by atoms with Gasteiger partial charge in [0.05, 0.1) is 9.85 Å². The van der Waals surface area contributed by atoms with Crippen LogP contribution in [-0.4, -0.2) is 35.8 Å². The summed E-state index contributed by atoms with van der Waals surface area (Å²) in [5, 5.41) is 22.4. The average molecular weight is 430 g/mol. The lowest BCUT2D eigenvalue weighted by molar-refractivity contribution is -0.424. The van der Waals surface area contributed by atoms with Gasteiger partial charge < -0.3 is 0 Å². The lowest BCUT2D eigenvalue weighted by atomic mass is 10.1. The molecular formula is C14H10N2O10S2. The molecule has 0 saturated heterocycles. The second-order valence-electron chi connectivity index (χ2n) is 5.20. The minimum atomic E-state index is -5.67. The molecule has 0 bridgehead atoms. The Bertz CT molecular complexity index is 1200. The van der Waals surface area contributed by atoms with E-state index in [0.717, 1.165) is 6.08 Å². The van der Waals surface area contributed by atoms with E-state index in [9.17, 15) is 46.2 Å². The number of nitro benzene ring substituents is 2. The van der Waals surface area contributed by atoms with Crippen LogP contribution in [-0.2, 0) is 20.2 Å². The second-order valence-corrected chi connectivity index (χ2v) is 7.92. The highest BCUT2D eigenvalue weighted by Crippen LogP contribution is 2.41. The molecule has 0 spiro atoms. The van der Waals surface area contributed by atoms with Gasteiger partial charge in [-0.2, -0.15) is 16.8 Å². The molecule has 0 aliphatic heterocycles. The highest BCUT2D eigenvalue weighted by Gasteiger charge is 2.42. The van der Waals surface area contributed by atoms with Gasteiger partial charge in [0, 0.05) is 11.6 Å². The molecule has 0 fully saturated rings. The highest BCUT2D eigenvalue weighted by molar-refractivity contribution is 7.89. The van der Waals surface area contributed by atoms with Gasteiger partial charge in [-0.3, -0.25) is 29.3 Å². The van der Waals surface area contributed by atoms with Crippen LogP contribution in [0.25, 0.3) is 12.2 Å². The molecule has 148 valence electrons. The Morgan fingerprint density at radius 1 is 0.821 bits per heavy atom. The van der Waals surface area contributed by atoms with Crippen LogP contribution in [0.3, 0.4) is 0 Å². The summed E-state index contributed by atoms with van der Waals surface area (Å²) in [6, 6.07) is 8.38. The minimum Gasteiger partial charge on any atom is -0.282 e. The first kappa shape index (κ1) is 21.1. The summed E-state index contributed by atoms with van der Waals surface area (Å²) in [5.41, 5.74) is -3.48. The Kier molecular flexibility index (Phi) is 5.60. The van der Waals surface area contributed by atoms with Gasteiger partial charge in [-0.05, 0) is 5.56 Å². The predicted octanol–water partition coefficient (Wildman–Crippen LogP) is 2.17. The fraction of sp³-hybridized carbons (Fsp3) is 0. The summed E-state index contributed by atoms with van der Waals surface area (Å²) in [7, 11) is -11.1. The molecule has 2 aromatic rings. The lowest BCUT2D eigenvalue weighted by Gasteiger charge is -2.09. The smallest absolute Gasteiger partial charge is 0.282 e. The third kappa shape index (κ3) is 4.37. The van der Waals surface area contributed by atoms with E-state index in [0.29, 0.717) is 11.6 Å². The molecule has 0 unspecified atom stereocenters. The maximum Gasteiger partial charge on any atom is 0.368 e. The molecular weight excluding hydrogens is 420 g/mol. The van der Waals surface area contributed by atoms with Crippen LogP contribution in [0.5, 0.6) is 0 Å². The third-order valence-corrected chi connectivity index (χ3v) is 5.37. The molecule has 12 nitrogen and oxygen atoms in total. The molecule has 0 heterocycles. The molecule has 2 aromatic carbocycles. The Labute approximate surface area is 157 Å². The van der Waals surface area contributed by atoms with Crippen LogP contribution in [0.15, 0.2) is 46.2 Å². The zero-order chi connectivity index (χ0) is 21.3. The predicted molar refractivity (Wildman–Crippen MR) is 94.8 cm³/mol. The Balaban J connectivity index is 3.04. The Hall–Kier alpha value is -3.20. The van der Waals surface area contributed by atoms with E-state index < -0.39 is 56.8 Å². The summed E-state index contributed by atoms with van der Waals surface area (Å²) >= 11 is 0. The fourth-order valence-corrected chi connectivity index (χ4v) is 4.49. The van der Waals surface area contributed by atoms with E-state index in [4.69, 9.17) is 0 Å². The van der Waals surface area contributed by atoms with E-state index in [2.05, 4.69) is 0 Å². The van der Waals surface area contributed by atoms with Crippen molar-refractivity contribution in [2.75, 3.05) is 0 Å². The van der Waals surface area contributed by atoms with Crippen molar-refractivity contribution >= 4 is 43.8 Å². The molecule has 14 heteroatoms. The van der Waals surface area contributed by atoms with Crippen LogP contribution < -0.4 is 0 Å². The van der Waals surface area contributed by atoms with Gasteiger partial charge in [-0.25, -0.2) is 0 Å². The molecule has 2 N–H and O–H groups in total. The second kappa shape index (κ2) is 7.43. The molecule has 0 atom stereocenters. The van der Waals surface area contributed by atoms with Gasteiger partial charge >= 0.3 is 21.5 Å². The molecule has 0 amide bonds. The molecule has 0 saturated carbocycles. The van der Waals surface area contributed by atoms with Crippen LogP contribution in [0.2, 0.25) is 0 Å². The maximum atomic E-state index is 11.7. The summed E-state index contributed by atoms with van der Waals surface area (Å²) in [5.74, 6) is 0. The van der Waals surface area contributed by atoms with Crippen molar-refractivity contribution in [1.82, 2.24) is 0 Å². The van der Waals surface area contributed by atoms with Crippen molar-refractivity contribution < 1.29 is 35.8 Å². The van der Waals surface area contributed by atoms with E-state index in [1.54, 1.807) is 30.3 Å². The number of hydrogen-bond acceptors (Lipinski definition) is 8. The van der Waals surface area contributed by atoms with E-state index in [-0.39, 0.29) is 0 Å². The zero-order valence-corrected chi connectivity index (χ0v) is 15.1. The monoisotopic (exact) mass is 430 g/mol. The molecule has 0 radical (unpaired) electrons. The lowest BCUT2D eigenvalue weighted by Crippen LogP contribution is -2.14.